The number of hydrogen-bond acceptors (Lipinski definition) is 3. The molecule has 1 rings (SSSR count). The van der Waals surface area contributed by atoms with Gasteiger partial charge < -0.3 is 5.73 Å². The van der Waals surface area contributed by atoms with Crippen LogP contribution in [0.2, 0.25) is 0 Å². The molecule has 1 aliphatic rings. The monoisotopic (exact) mass is 165 g/mol. The van der Waals surface area contributed by atoms with Gasteiger partial charge in [-0.1, -0.05) is 0 Å². The first kappa shape index (κ1) is 7.93. The number of nitrogens with two attached hydrogens (primary N) is 1. The lowest BCUT2D eigenvalue weighted by atomic mass is 10.8. The highest BCUT2D eigenvalue weighted by atomic mass is 32.2. The molecule has 0 aromatic heterocycles. The molecule has 0 saturated heterocycles. The van der Waals surface area contributed by atoms with Crippen molar-refractivity contribution in [1.82, 2.24) is 9.44 Å². The number of hydrogen-bond donors (Lipinski definition) is 3. The lowest BCUT2D eigenvalue weighted by Crippen LogP contribution is -2.40. The molecule has 0 atom stereocenters. The van der Waals surface area contributed by atoms with Gasteiger partial charge in [0.25, 0.3) is 10.2 Å². The average Bonchev–Trinajstić information content (AvgIpc) is 2.48. The van der Waals surface area contributed by atoms with Crippen molar-refractivity contribution in [3.63, 3.8) is 0 Å². The van der Waals surface area contributed by atoms with E-state index in [2.05, 4.69) is 9.44 Å². The largest absolute Gasteiger partial charge is 0.318 e. The summed E-state index contributed by atoms with van der Waals surface area (Å²) in [6, 6.07) is 0.143. The van der Waals surface area contributed by atoms with Gasteiger partial charge in [0.15, 0.2) is 0 Å². The molecule has 0 aromatic rings. The first-order valence-electron chi connectivity index (χ1n) is 3.11. The Morgan fingerprint density at radius 3 is 2.50 bits per heavy atom. The molecule has 0 heterocycles. The Labute approximate surface area is 60.2 Å². The highest BCUT2D eigenvalue weighted by Gasteiger charge is 2.26. The van der Waals surface area contributed by atoms with Crippen LogP contribution in [0.1, 0.15) is 12.8 Å². The van der Waals surface area contributed by atoms with Crippen LogP contribution in [0.25, 0.3) is 0 Å². The van der Waals surface area contributed by atoms with Gasteiger partial charge in [-0.15, -0.1) is 0 Å². The summed E-state index contributed by atoms with van der Waals surface area (Å²) in [5.41, 5.74) is 4.98. The molecule has 10 heavy (non-hydrogen) atoms. The molecule has 0 aromatic carbocycles. The Hall–Kier alpha value is -0.170. The summed E-state index contributed by atoms with van der Waals surface area (Å²) in [6.07, 6.45) is 1.87. The fourth-order valence-corrected chi connectivity index (χ4v) is 1.55. The molecule has 0 bridgehead atoms. The van der Waals surface area contributed by atoms with Crippen molar-refractivity contribution in [2.75, 3.05) is 6.67 Å². The quantitative estimate of drug-likeness (QED) is 0.443. The lowest BCUT2D eigenvalue weighted by molar-refractivity contribution is 0.567. The predicted octanol–water partition coefficient (Wildman–Crippen LogP) is -1.51. The molecular formula is C4H11N3O2S. The van der Waals surface area contributed by atoms with Crippen LogP contribution < -0.4 is 15.2 Å². The summed E-state index contributed by atoms with van der Waals surface area (Å²) >= 11 is 0. The molecule has 6 heteroatoms. The third kappa shape index (κ3) is 2.61. The van der Waals surface area contributed by atoms with Crippen LogP contribution in [0, 0.1) is 0 Å². The van der Waals surface area contributed by atoms with Crippen molar-refractivity contribution in [1.29, 1.82) is 0 Å². The maximum absolute atomic E-state index is 10.8. The van der Waals surface area contributed by atoms with E-state index < -0.39 is 10.2 Å². The maximum Gasteiger partial charge on any atom is 0.278 e. The molecule has 1 aliphatic carbocycles. The van der Waals surface area contributed by atoms with Crippen LogP contribution in [0.4, 0.5) is 0 Å². The maximum atomic E-state index is 10.8. The predicted molar refractivity (Wildman–Crippen MR) is 37.3 cm³/mol. The summed E-state index contributed by atoms with van der Waals surface area (Å²) < 4.78 is 26.1. The van der Waals surface area contributed by atoms with Gasteiger partial charge in [0, 0.05) is 6.04 Å². The van der Waals surface area contributed by atoms with Gasteiger partial charge in [-0.3, -0.25) is 0 Å². The minimum atomic E-state index is -3.29. The third-order valence-electron chi connectivity index (χ3n) is 1.17. The number of rotatable bonds is 4. The summed E-state index contributed by atoms with van der Waals surface area (Å²) in [6.45, 7) is -0.0535. The Morgan fingerprint density at radius 1 is 1.50 bits per heavy atom. The van der Waals surface area contributed by atoms with Crippen LogP contribution in [0.5, 0.6) is 0 Å². The topological polar surface area (TPSA) is 84.2 Å². The molecule has 60 valence electrons. The minimum absolute atomic E-state index is 0.0535. The van der Waals surface area contributed by atoms with Gasteiger partial charge in [-0.2, -0.15) is 17.9 Å². The molecule has 0 amide bonds. The molecule has 0 unspecified atom stereocenters. The SMILES string of the molecule is NCNS(=O)(=O)NC1CC1. The van der Waals surface area contributed by atoms with E-state index in [0.717, 1.165) is 12.8 Å². The zero-order chi connectivity index (χ0) is 7.61. The molecular weight excluding hydrogens is 154 g/mol. The van der Waals surface area contributed by atoms with Crippen LogP contribution >= 0.6 is 0 Å². The van der Waals surface area contributed by atoms with E-state index in [0.29, 0.717) is 0 Å². The van der Waals surface area contributed by atoms with E-state index in [9.17, 15) is 8.42 Å². The Balaban J connectivity index is 2.34. The molecule has 1 saturated carbocycles. The van der Waals surface area contributed by atoms with Crippen molar-refractivity contribution >= 4 is 10.2 Å². The van der Waals surface area contributed by atoms with Crippen molar-refractivity contribution < 1.29 is 8.42 Å². The van der Waals surface area contributed by atoms with E-state index in [1.165, 1.54) is 0 Å². The van der Waals surface area contributed by atoms with Gasteiger partial charge in [0.05, 0.1) is 6.67 Å². The summed E-state index contributed by atoms with van der Waals surface area (Å²) in [5, 5.41) is 0. The average molecular weight is 165 g/mol. The van der Waals surface area contributed by atoms with Gasteiger partial charge in [-0.25, -0.2) is 0 Å². The Morgan fingerprint density at radius 2 is 2.10 bits per heavy atom. The molecule has 0 spiro atoms. The van der Waals surface area contributed by atoms with E-state index in [4.69, 9.17) is 5.73 Å². The van der Waals surface area contributed by atoms with Gasteiger partial charge in [-0.05, 0) is 12.8 Å². The van der Waals surface area contributed by atoms with Gasteiger partial charge in [0.1, 0.15) is 0 Å². The highest BCUT2D eigenvalue weighted by Crippen LogP contribution is 2.18. The van der Waals surface area contributed by atoms with Crippen molar-refractivity contribution in [2.45, 2.75) is 18.9 Å². The molecule has 1 fully saturated rings. The van der Waals surface area contributed by atoms with Crippen LogP contribution in [-0.4, -0.2) is 21.1 Å². The zero-order valence-corrected chi connectivity index (χ0v) is 6.32. The Bertz CT molecular complexity index is 197. The van der Waals surface area contributed by atoms with Crippen LogP contribution in [0.3, 0.4) is 0 Å². The number of nitrogens with one attached hydrogen (secondary N) is 2. The Kier molecular flexibility index (Phi) is 2.24. The summed E-state index contributed by atoms with van der Waals surface area (Å²) in [7, 11) is -3.29. The van der Waals surface area contributed by atoms with E-state index >= 15 is 0 Å². The van der Waals surface area contributed by atoms with Crippen molar-refractivity contribution in [3.05, 3.63) is 0 Å². The van der Waals surface area contributed by atoms with E-state index in [1.807, 2.05) is 0 Å². The van der Waals surface area contributed by atoms with Crippen LogP contribution in [0.15, 0.2) is 0 Å². The van der Waals surface area contributed by atoms with Crippen molar-refractivity contribution in [2.24, 2.45) is 5.73 Å². The lowest BCUT2D eigenvalue weighted by Gasteiger charge is -2.03. The van der Waals surface area contributed by atoms with Crippen LogP contribution in [-0.2, 0) is 10.2 Å². The highest BCUT2D eigenvalue weighted by molar-refractivity contribution is 7.87. The molecule has 0 radical (unpaired) electrons. The molecule has 5 nitrogen and oxygen atoms in total. The molecule has 4 N–H and O–H groups in total. The zero-order valence-electron chi connectivity index (χ0n) is 5.50. The second-order valence-corrected chi connectivity index (χ2v) is 3.78. The molecule has 0 aliphatic heterocycles. The van der Waals surface area contributed by atoms with Crippen molar-refractivity contribution in [3.8, 4) is 0 Å². The first-order chi connectivity index (χ1) is 4.64. The summed E-state index contributed by atoms with van der Waals surface area (Å²) in [5.74, 6) is 0. The second kappa shape index (κ2) is 2.83. The minimum Gasteiger partial charge on any atom is -0.318 e. The smallest absolute Gasteiger partial charge is 0.278 e. The van der Waals surface area contributed by atoms with E-state index in [-0.39, 0.29) is 12.7 Å². The third-order valence-corrected chi connectivity index (χ3v) is 2.36. The summed E-state index contributed by atoms with van der Waals surface area (Å²) in [4.78, 5) is 0. The second-order valence-electron chi connectivity index (χ2n) is 2.24. The van der Waals surface area contributed by atoms with E-state index in [1.54, 1.807) is 0 Å². The standard InChI is InChI=1S/C4H11N3O2S/c5-3-6-10(8,9)7-4-1-2-4/h4,6-7H,1-3,5H2. The fourth-order valence-electron chi connectivity index (χ4n) is 0.572. The first-order valence-corrected chi connectivity index (χ1v) is 4.59. The normalized spacial score (nSPS) is 19.3. The fraction of sp³-hybridized carbons (Fsp3) is 1.00. The van der Waals surface area contributed by atoms with Gasteiger partial charge >= 0.3 is 0 Å². The van der Waals surface area contributed by atoms with Gasteiger partial charge in [0.2, 0.25) is 0 Å².